The van der Waals surface area contributed by atoms with Crippen LogP contribution in [0.25, 0.3) is 0 Å². The van der Waals surface area contributed by atoms with Crippen LogP contribution in [0.5, 0.6) is 23.1 Å². The number of carbonyl (C=O) groups is 2. The predicted octanol–water partition coefficient (Wildman–Crippen LogP) is 3.29. The van der Waals surface area contributed by atoms with Crippen LogP contribution in [0.3, 0.4) is 0 Å². The Hall–Kier alpha value is -4.11. The number of carbonyl (C=O) groups excluding carboxylic acids is 2. The van der Waals surface area contributed by atoms with Crippen LogP contribution in [-0.4, -0.2) is 73.5 Å². The van der Waals surface area contributed by atoms with Crippen molar-refractivity contribution >= 4 is 17.5 Å². The fraction of sp³-hybridized carbons (Fsp3) is 0.269. The molecule has 0 atom stereocenters. The number of benzene rings is 2. The average Bonchev–Trinajstić information content (AvgIpc) is 2.88. The van der Waals surface area contributed by atoms with E-state index in [2.05, 4.69) is 10.3 Å². The summed E-state index contributed by atoms with van der Waals surface area (Å²) in [5.74, 6) is 1.49. The molecule has 4 rings (SSSR count). The lowest BCUT2D eigenvalue weighted by molar-refractivity contribution is -0.117. The summed E-state index contributed by atoms with van der Waals surface area (Å²) in [6, 6.07) is 17.8. The van der Waals surface area contributed by atoms with E-state index in [0.29, 0.717) is 54.7 Å². The van der Waals surface area contributed by atoms with Gasteiger partial charge in [-0.3, -0.25) is 14.5 Å². The summed E-state index contributed by atoms with van der Waals surface area (Å²) < 4.78 is 17.2. The number of anilines is 1. The molecule has 0 saturated carbocycles. The summed E-state index contributed by atoms with van der Waals surface area (Å²) in [6.07, 6.45) is 1.58. The molecule has 0 spiro atoms. The average molecular weight is 477 g/mol. The number of hydrogen-bond acceptors (Lipinski definition) is 7. The van der Waals surface area contributed by atoms with Gasteiger partial charge in [0.15, 0.2) is 11.5 Å². The Morgan fingerprint density at radius 3 is 2.71 bits per heavy atom. The highest BCUT2D eigenvalue weighted by atomic mass is 16.5. The molecule has 182 valence electrons. The third-order valence-corrected chi connectivity index (χ3v) is 5.54. The molecule has 2 amide bonds. The first-order valence-corrected chi connectivity index (χ1v) is 11.3. The zero-order valence-electron chi connectivity index (χ0n) is 19.8. The van der Waals surface area contributed by atoms with E-state index in [1.807, 2.05) is 29.2 Å². The second kappa shape index (κ2) is 11.3. The highest BCUT2D eigenvalue weighted by Gasteiger charge is 2.21. The minimum absolute atomic E-state index is 0.138. The minimum Gasteiger partial charge on any atom is -0.497 e. The van der Waals surface area contributed by atoms with Crippen LogP contribution in [0.4, 0.5) is 5.69 Å². The quantitative estimate of drug-likeness (QED) is 0.618. The number of fused-ring (bicyclic) bond motifs is 2. The molecule has 3 aromatic rings. The molecule has 0 unspecified atom stereocenters. The molecule has 35 heavy (non-hydrogen) atoms. The van der Waals surface area contributed by atoms with Crippen LogP contribution in [0, 0.1) is 0 Å². The summed E-state index contributed by atoms with van der Waals surface area (Å²) in [4.78, 5) is 33.7. The molecule has 1 aliphatic rings. The third kappa shape index (κ3) is 6.27. The second-order valence-electron chi connectivity index (χ2n) is 8.04. The normalized spacial score (nSPS) is 14.7. The van der Waals surface area contributed by atoms with E-state index < -0.39 is 0 Å². The Morgan fingerprint density at radius 2 is 1.89 bits per heavy atom. The Kier molecular flexibility index (Phi) is 7.79. The molecular formula is C26H28N4O5. The Morgan fingerprint density at radius 1 is 1.06 bits per heavy atom. The van der Waals surface area contributed by atoms with Gasteiger partial charge in [-0.15, -0.1) is 0 Å². The number of nitrogens with one attached hydrogen (secondary N) is 1. The molecule has 2 heterocycles. The van der Waals surface area contributed by atoms with Crippen molar-refractivity contribution in [2.45, 2.75) is 0 Å². The van der Waals surface area contributed by atoms with Crippen LogP contribution in [0.1, 0.15) is 10.4 Å². The van der Waals surface area contributed by atoms with Gasteiger partial charge in [0.2, 0.25) is 11.8 Å². The van der Waals surface area contributed by atoms with Crippen LogP contribution in [0.2, 0.25) is 0 Å². The maximum Gasteiger partial charge on any atom is 0.259 e. The molecule has 1 aromatic heterocycles. The zero-order valence-corrected chi connectivity index (χ0v) is 19.8. The first kappa shape index (κ1) is 24.0. The number of aromatic nitrogens is 1. The largest absolute Gasteiger partial charge is 0.497 e. The van der Waals surface area contributed by atoms with E-state index in [0.717, 1.165) is 0 Å². The minimum atomic E-state index is -0.216. The van der Waals surface area contributed by atoms with Crippen molar-refractivity contribution in [1.82, 2.24) is 14.8 Å². The Balaban J connectivity index is 1.52. The van der Waals surface area contributed by atoms with Gasteiger partial charge < -0.3 is 24.4 Å². The monoisotopic (exact) mass is 476 g/mol. The highest BCUT2D eigenvalue weighted by molar-refractivity contribution is 5.96. The molecule has 1 N–H and O–H groups in total. The zero-order chi connectivity index (χ0) is 24.6. The summed E-state index contributed by atoms with van der Waals surface area (Å²) >= 11 is 0. The first-order chi connectivity index (χ1) is 17.0. The topological polar surface area (TPSA) is 93.2 Å². The van der Waals surface area contributed by atoms with E-state index in [1.54, 1.807) is 61.7 Å². The van der Waals surface area contributed by atoms with Gasteiger partial charge in [0.05, 0.1) is 13.7 Å². The van der Waals surface area contributed by atoms with Crippen molar-refractivity contribution in [1.29, 1.82) is 0 Å². The van der Waals surface area contributed by atoms with Crippen LogP contribution in [0.15, 0.2) is 66.9 Å². The fourth-order valence-electron chi connectivity index (χ4n) is 3.65. The maximum absolute atomic E-state index is 13.1. The second-order valence-corrected chi connectivity index (χ2v) is 8.04. The number of rotatable bonds is 4. The lowest BCUT2D eigenvalue weighted by atomic mass is 10.2. The SMILES string of the molecule is COc1cccc(NC(=O)CN2CCOc3ccccc3Oc3ncccc3C(=O)N(C)CC2)c1. The summed E-state index contributed by atoms with van der Waals surface area (Å²) in [6.45, 7) is 1.84. The number of para-hydroxylation sites is 2. The van der Waals surface area contributed by atoms with Crippen molar-refractivity contribution in [3.63, 3.8) is 0 Å². The van der Waals surface area contributed by atoms with E-state index in [9.17, 15) is 9.59 Å². The molecule has 1 aliphatic heterocycles. The van der Waals surface area contributed by atoms with Crippen LogP contribution < -0.4 is 19.5 Å². The van der Waals surface area contributed by atoms with Crippen molar-refractivity contribution in [3.05, 3.63) is 72.4 Å². The van der Waals surface area contributed by atoms with Gasteiger partial charge in [0.25, 0.3) is 5.91 Å². The first-order valence-electron chi connectivity index (χ1n) is 11.3. The summed E-state index contributed by atoms with van der Waals surface area (Å²) in [5.41, 5.74) is 1.00. The van der Waals surface area contributed by atoms with Crippen molar-refractivity contribution < 1.29 is 23.8 Å². The Bertz CT molecular complexity index is 1190. The highest BCUT2D eigenvalue weighted by Crippen LogP contribution is 2.32. The number of methoxy groups -OCH3 is 1. The number of amides is 2. The van der Waals surface area contributed by atoms with Crippen LogP contribution in [-0.2, 0) is 4.79 Å². The fourth-order valence-corrected chi connectivity index (χ4v) is 3.65. The molecule has 0 saturated heterocycles. The van der Waals surface area contributed by atoms with Crippen molar-refractivity contribution in [3.8, 4) is 23.1 Å². The van der Waals surface area contributed by atoms with Gasteiger partial charge in [-0.25, -0.2) is 4.98 Å². The number of nitrogens with zero attached hydrogens (tertiary/aromatic N) is 3. The molecular weight excluding hydrogens is 448 g/mol. The molecule has 9 nitrogen and oxygen atoms in total. The predicted molar refractivity (Wildman–Crippen MR) is 131 cm³/mol. The lowest BCUT2D eigenvalue weighted by Crippen LogP contribution is -2.41. The lowest BCUT2D eigenvalue weighted by Gasteiger charge is -2.25. The number of pyridine rings is 1. The molecule has 2 aromatic carbocycles. The molecule has 9 heteroatoms. The maximum atomic E-state index is 13.1. The van der Waals surface area contributed by atoms with Crippen molar-refractivity contribution in [2.75, 3.05) is 52.3 Å². The van der Waals surface area contributed by atoms with Gasteiger partial charge >= 0.3 is 0 Å². The van der Waals surface area contributed by atoms with Gasteiger partial charge in [-0.2, -0.15) is 0 Å². The van der Waals surface area contributed by atoms with Gasteiger partial charge in [-0.1, -0.05) is 18.2 Å². The summed E-state index contributed by atoms with van der Waals surface area (Å²) in [7, 11) is 3.30. The number of hydrogen-bond donors (Lipinski definition) is 1. The van der Waals surface area contributed by atoms with Gasteiger partial charge in [0.1, 0.15) is 17.9 Å². The summed E-state index contributed by atoms with van der Waals surface area (Å²) in [5, 5.41) is 2.90. The standard InChI is InChI=1S/C26H28N4O5/c1-29-13-14-30(18-24(31)28-19-7-5-8-20(17-19)33-2)15-16-34-22-10-3-4-11-23(22)35-25-21(26(29)32)9-6-12-27-25/h3-12,17H,13-16,18H2,1-2H3,(H,28,31). The smallest absolute Gasteiger partial charge is 0.259 e. The van der Waals surface area contributed by atoms with Gasteiger partial charge in [0, 0.05) is 44.6 Å². The van der Waals surface area contributed by atoms with E-state index in [1.165, 1.54) is 0 Å². The van der Waals surface area contributed by atoms with E-state index in [-0.39, 0.29) is 24.2 Å². The van der Waals surface area contributed by atoms with E-state index >= 15 is 0 Å². The number of likely N-dealkylation sites (N-methyl/N-ethyl adjacent to an activating group) is 1. The Labute approximate surface area is 204 Å². The molecule has 0 aliphatic carbocycles. The number of ether oxygens (including phenoxy) is 3. The molecule has 0 fully saturated rings. The van der Waals surface area contributed by atoms with Crippen molar-refractivity contribution in [2.24, 2.45) is 0 Å². The van der Waals surface area contributed by atoms with E-state index in [4.69, 9.17) is 14.2 Å². The van der Waals surface area contributed by atoms with Crippen LogP contribution >= 0.6 is 0 Å². The molecule has 0 bridgehead atoms. The molecule has 0 radical (unpaired) electrons. The van der Waals surface area contributed by atoms with Gasteiger partial charge in [-0.05, 0) is 36.4 Å². The third-order valence-electron chi connectivity index (χ3n) is 5.54.